The van der Waals surface area contributed by atoms with Crippen molar-refractivity contribution in [3.63, 3.8) is 0 Å². The largest absolute Gasteiger partial charge is 0.382 e. The van der Waals surface area contributed by atoms with Gasteiger partial charge in [0.05, 0.1) is 11.4 Å². The van der Waals surface area contributed by atoms with E-state index in [0.717, 1.165) is 22.9 Å². The second-order valence-electron chi connectivity index (χ2n) is 5.53. The van der Waals surface area contributed by atoms with Gasteiger partial charge in [-0.15, -0.1) is 0 Å². The first-order chi connectivity index (χ1) is 9.15. The highest BCUT2D eigenvalue weighted by Gasteiger charge is 2.20. The van der Waals surface area contributed by atoms with Crippen LogP contribution in [-0.2, 0) is 7.05 Å². The molecule has 0 radical (unpaired) electrons. The number of aliphatic hydroxyl groups is 1. The maximum atomic E-state index is 10.4. The van der Waals surface area contributed by atoms with Gasteiger partial charge < -0.3 is 5.11 Å². The third-order valence-electron chi connectivity index (χ3n) is 4.15. The first-order valence-electron chi connectivity index (χ1n) is 6.93. The van der Waals surface area contributed by atoms with Crippen molar-refractivity contribution in [3.05, 3.63) is 52.8 Å². The molecule has 19 heavy (non-hydrogen) atoms. The van der Waals surface area contributed by atoms with Gasteiger partial charge in [-0.2, -0.15) is 5.10 Å². The number of benzene rings is 1. The van der Waals surface area contributed by atoms with Crippen LogP contribution in [0.25, 0.3) is 0 Å². The van der Waals surface area contributed by atoms with Crippen molar-refractivity contribution < 1.29 is 5.11 Å². The predicted molar refractivity (Wildman–Crippen MR) is 75.0 cm³/mol. The van der Waals surface area contributed by atoms with E-state index >= 15 is 0 Å². The van der Waals surface area contributed by atoms with Crippen LogP contribution in [0, 0.1) is 6.92 Å². The van der Waals surface area contributed by atoms with Crippen LogP contribution in [0.3, 0.4) is 0 Å². The van der Waals surface area contributed by atoms with Crippen LogP contribution >= 0.6 is 0 Å². The predicted octanol–water partition coefficient (Wildman–Crippen LogP) is 3.08. The zero-order chi connectivity index (χ0) is 13.4. The molecule has 1 atom stereocenters. The van der Waals surface area contributed by atoms with Crippen molar-refractivity contribution in [2.45, 2.75) is 38.2 Å². The topological polar surface area (TPSA) is 38.0 Å². The maximum absolute atomic E-state index is 10.4. The number of aliphatic hydroxyl groups excluding tert-OH is 1. The second kappa shape index (κ2) is 4.82. The summed E-state index contributed by atoms with van der Waals surface area (Å²) in [5, 5.41) is 14.7. The summed E-state index contributed by atoms with van der Waals surface area (Å²) in [6.07, 6.45) is 3.37. The third kappa shape index (κ3) is 2.30. The summed E-state index contributed by atoms with van der Waals surface area (Å²) in [7, 11) is 1.87. The Morgan fingerprint density at radius 3 is 2.42 bits per heavy atom. The minimum absolute atomic E-state index is 0.596. The normalized spacial score (nSPS) is 17.2. The highest BCUT2D eigenvalue weighted by molar-refractivity contribution is 5.31. The van der Waals surface area contributed by atoms with Crippen LogP contribution in [0.4, 0.5) is 0 Å². The Morgan fingerprint density at radius 1 is 1.26 bits per heavy atom. The maximum Gasteiger partial charge on any atom is 0.121 e. The van der Waals surface area contributed by atoms with E-state index in [1.807, 2.05) is 32.2 Å². The molecule has 1 N–H and O–H groups in total. The lowest BCUT2D eigenvalue weighted by molar-refractivity contribution is 0.209. The Balaban J connectivity index is 1.83. The van der Waals surface area contributed by atoms with Gasteiger partial charge in [0.2, 0.25) is 0 Å². The molecule has 3 nitrogen and oxygen atoms in total. The van der Waals surface area contributed by atoms with Crippen LogP contribution in [-0.4, -0.2) is 14.9 Å². The fourth-order valence-electron chi connectivity index (χ4n) is 2.75. The molecule has 0 spiro atoms. The zero-order valence-electron chi connectivity index (χ0n) is 11.5. The molecule has 3 heteroatoms. The van der Waals surface area contributed by atoms with E-state index in [9.17, 15) is 5.11 Å². The third-order valence-corrected chi connectivity index (χ3v) is 4.15. The summed E-state index contributed by atoms with van der Waals surface area (Å²) in [5.41, 5.74) is 4.12. The number of hydrogen-bond acceptors (Lipinski definition) is 2. The van der Waals surface area contributed by atoms with E-state index in [2.05, 4.69) is 17.2 Å². The Kier molecular flexibility index (Phi) is 3.15. The Bertz CT molecular complexity index is 567. The van der Waals surface area contributed by atoms with Crippen LogP contribution < -0.4 is 0 Å². The Hall–Kier alpha value is -1.61. The Labute approximate surface area is 113 Å². The number of nitrogens with zero attached hydrogens (tertiary/aromatic N) is 2. The summed E-state index contributed by atoms with van der Waals surface area (Å²) in [6.45, 7) is 1.94. The zero-order valence-corrected chi connectivity index (χ0v) is 11.5. The molecule has 1 heterocycles. The van der Waals surface area contributed by atoms with E-state index in [1.54, 1.807) is 4.68 Å². The van der Waals surface area contributed by atoms with Crippen LogP contribution in [0.1, 0.15) is 53.8 Å². The minimum Gasteiger partial charge on any atom is -0.382 e. The molecule has 0 amide bonds. The van der Waals surface area contributed by atoms with Crippen molar-refractivity contribution in [3.8, 4) is 0 Å². The van der Waals surface area contributed by atoms with Crippen LogP contribution in [0.5, 0.6) is 0 Å². The van der Waals surface area contributed by atoms with Crippen molar-refractivity contribution in [1.82, 2.24) is 9.78 Å². The molecule has 3 rings (SSSR count). The van der Waals surface area contributed by atoms with Gasteiger partial charge in [-0.25, -0.2) is 0 Å². The summed E-state index contributed by atoms with van der Waals surface area (Å²) >= 11 is 0. The summed E-state index contributed by atoms with van der Waals surface area (Å²) in [4.78, 5) is 0. The number of aryl methyl sites for hydroxylation is 2. The summed E-state index contributed by atoms with van der Waals surface area (Å²) in [5.74, 6) is 0.741. The summed E-state index contributed by atoms with van der Waals surface area (Å²) < 4.78 is 1.75. The molecular weight excluding hydrogens is 236 g/mol. The van der Waals surface area contributed by atoms with Gasteiger partial charge in [-0.3, -0.25) is 4.68 Å². The SMILES string of the molecule is Cc1cc(C(O)c2ccc(C3CCC3)cc2)n(C)n1. The van der Waals surface area contributed by atoms with E-state index in [4.69, 9.17) is 0 Å². The molecule has 100 valence electrons. The number of rotatable bonds is 3. The number of aromatic nitrogens is 2. The van der Waals surface area contributed by atoms with Crippen molar-refractivity contribution >= 4 is 0 Å². The highest BCUT2D eigenvalue weighted by Crippen LogP contribution is 2.36. The Morgan fingerprint density at radius 2 is 1.95 bits per heavy atom. The van der Waals surface area contributed by atoms with Crippen molar-refractivity contribution in [1.29, 1.82) is 0 Å². The highest BCUT2D eigenvalue weighted by atomic mass is 16.3. The molecule has 1 aliphatic carbocycles. The molecular formula is C16H20N2O. The standard InChI is InChI=1S/C16H20N2O/c1-11-10-15(18(2)17-11)16(19)14-8-6-13(7-9-14)12-4-3-5-12/h6-10,12,16,19H,3-5H2,1-2H3. The number of hydrogen-bond donors (Lipinski definition) is 1. The molecule has 2 aromatic rings. The second-order valence-corrected chi connectivity index (χ2v) is 5.53. The molecule has 1 unspecified atom stereocenters. The molecule has 1 aromatic heterocycles. The van der Waals surface area contributed by atoms with Crippen LogP contribution in [0.15, 0.2) is 30.3 Å². The quantitative estimate of drug-likeness (QED) is 0.916. The molecule has 0 saturated heterocycles. The van der Waals surface area contributed by atoms with Gasteiger partial charge >= 0.3 is 0 Å². The first kappa shape index (κ1) is 12.4. The van der Waals surface area contributed by atoms with Gasteiger partial charge in [0.25, 0.3) is 0 Å². The summed E-state index contributed by atoms with van der Waals surface area (Å²) in [6, 6.07) is 10.3. The average molecular weight is 256 g/mol. The monoisotopic (exact) mass is 256 g/mol. The lowest BCUT2D eigenvalue weighted by Crippen LogP contribution is -2.10. The fourth-order valence-corrected chi connectivity index (χ4v) is 2.75. The smallest absolute Gasteiger partial charge is 0.121 e. The lowest BCUT2D eigenvalue weighted by atomic mass is 9.80. The van der Waals surface area contributed by atoms with E-state index in [0.29, 0.717) is 0 Å². The van der Waals surface area contributed by atoms with Crippen molar-refractivity contribution in [2.24, 2.45) is 7.05 Å². The van der Waals surface area contributed by atoms with Gasteiger partial charge in [-0.1, -0.05) is 30.7 Å². The van der Waals surface area contributed by atoms with Gasteiger partial charge in [0, 0.05) is 7.05 Å². The molecule has 0 bridgehead atoms. The molecule has 1 aromatic carbocycles. The van der Waals surface area contributed by atoms with Crippen molar-refractivity contribution in [2.75, 3.05) is 0 Å². The van der Waals surface area contributed by atoms with Crippen LogP contribution in [0.2, 0.25) is 0 Å². The molecule has 1 aliphatic rings. The van der Waals surface area contributed by atoms with E-state index < -0.39 is 6.10 Å². The average Bonchev–Trinajstić information content (AvgIpc) is 2.66. The first-order valence-corrected chi connectivity index (χ1v) is 6.93. The van der Waals surface area contributed by atoms with Gasteiger partial charge in [0.1, 0.15) is 6.10 Å². The van der Waals surface area contributed by atoms with E-state index in [-0.39, 0.29) is 0 Å². The molecule has 1 saturated carbocycles. The van der Waals surface area contributed by atoms with E-state index in [1.165, 1.54) is 24.8 Å². The van der Waals surface area contributed by atoms with Gasteiger partial charge in [0.15, 0.2) is 0 Å². The fraction of sp³-hybridized carbons (Fsp3) is 0.438. The van der Waals surface area contributed by atoms with Gasteiger partial charge in [-0.05, 0) is 42.9 Å². The minimum atomic E-state index is -0.596. The lowest BCUT2D eigenvalue weighted by Gasteiger charge is -2.26. The molecule has 1 fully saturated rings. The molecule has 0 aliphatic heterocycles.